The lowest BCUT2D eigenvalue weighted by Crippen LogP contribution is -2.29. The van der Waals surface area contributed by atoms with E-state index in [1.165, 1.54) is 11.8 Å². The molecule has 0 spiro atoms. The summed E-state index contributed by atoms with van der Waals surface area (Å²) < 4.78 is 5.50. The maximum Gasteiger partial charge on any atom is 0.273 e. The van der Waals surface area contributed by atoms with Crippen LogP contribution >= 0.6 is 0 Å². The molecule has 23 heavy (non-hydrogen) atoms. The van der Waals surface area contributed by atoms with Gasteiger partial charge in [-0.25, -0.2) is 4.98 Å². The number of amides is 1. The van der Waals surface area contributed by atoms with Crippen molar-refractivity contribution in [1.82, 2.24) is 15.6 Å². The molecule has 1 aromatic heterocycles. The van der Waals surface area contributed by atoms with Crippen LogP contribution in [-0.4, -0.2) is 30.5 Å². The van der Waals surface area contributed by atoms with Gasteiger partial charge in [0.15, 0.2) is 11.6 Å². The number of benzene rings is 1. The highest BCUT2D eigenvalue weighted by atomic mass is 16.3. The molecule has 5 heteroatoms. The molecule has 0 bridgehead atoms. The topological polar surface area (TPSA) is 67.2 Å². The maximum atomic E-state index is 12.2. The highest BCUT2D eigenvalue weighted by Crippen LogP contribution is 2.22. The van der Waals surface area contributed by atoms with Gasteiger partial charge in [0.1, 0.15) is 6.26 Å². The Labute approximate surface area is 136 Å². The minimum absolute atomic E-state index is 0.174. The molecular weight excluding hydrogens is 290 g/mol. The molecule has 1 fully saturated rings. The van der Waals surface area contributed by atoms with Gasteiger partial charge in [-0.15, -0.1) is 0 Å². The second kappa shape index (κ2) is 7.42. The van der Waals surface area contributed by atoms with E-state index in [4.69, 9.17) is 4.42 Å². The van der Waals surface area contributed by atoms with Crippen molar-refractivity contribution in [2.24, 2.45) is 0 Å². The molecule has 1 amide bonds. The molecular formula is C18H23N3O2. The second-order valence-electron chi connectivity index (χ2n) is 6.14. The van der Waals surface area contributed by atoms with E-state index in [1.54, 1.807) is 0 Å². The van der Waals surface area contributed by atoms with Crippen molar-refractivity contribution in [3.8, 4) is 0 Å². The molecule has 3 rings (SSSR count). The van der Waals surface area contributed by atoms with Crippen LogP contribution < -0.4 is 10.6 Å². The molecule has 2 N–H and O–H groups in total. The number of piperidine rings is 1. The Balaban J connectivity index is 1.55. The number of hydrogen-bond acceptors (Lipinski definition) is 4. The van der Waals surface area contributed by atoms with Gasteiger partial charge in [-0.1, -0.05) is 37.3 Å². The molecule has 122 valence electrons. The molecule has 1 aliphatic heterocycles. The largest absolute Gasteiger partial charge is 0.448 e. The third kappa shape index (κ3) is 3.99. The average Bonchev–Trinajstić information content (AvgIpc) is 3.11. The van der Waals surface area contributed by atoms with Crippen molar-refractivity contribution in [2.45, 2.75) is 31.6 Å². The van der Waals surface area contributed by atoms with Crippen molar-refractivity contribution in [3.05, 3.63) is 53.7 Å². The van der Waals surface area contributed by atoms with Gasteiger partial charge in [0.25, 0.3) is 5.91 Å². The first-order valence-electron chi connectivity index (χ1n) is 8.23. The normalized spacial score (nSPS) is 19.3. The minimum atomic E-state index is -0.174. The minimum Gasteiger partial charge on any atom is -0.448 e. The summed E-state index contributed by atoms with van der Waals surface area (Å²) in [6.07, 6.45) is 3.63. The molecule has 5 nitrogen and oxygen atoms in total. The zero-order chi connectivity index (χ0) is 16.1. The molecule has 2 unspecified atom stereocenters. The lowest BCUT2D eigenvalue weighted by molar-refractivity contribution is 0.0946. The van der Waals surface area contributed by atoms with Crippen LogP contribution in [0.15, 0.2) is 41.0 Å². The van der Waals surface area contributed by atoms with Gasteiger partial charge >= 0.3 is 0 Å². The molecule has 1 aromatic carbocycles. The number of rotatable bonds is 5. The van der Waals surface area contributed by atoms with Gasteiger partial charge in [-0.3, -0.25) is 4.79 Å². The molecule has 1 aliphatic rings. The summed E-state index contributed by atoms with van der Waals surface area (Å²) >= 11 is 0. The molecule has 1 saturated heterocycles. The second-order valence-corrected chi connectivity index (χ2v) is 6.14. The van der Waals surface area contributed by atoms with Crippen LogP contribution in [-0.2, 0) is 0 Å². The lowest BCUT2D eigenvalue weighted by atomic mass is 10.00. The van der Waals surface area contributed by atoms with E-state index >= 15 is 0 Å². The first-order valence-corrected chi connectivity index (χ1v) is 8.23. The van der Waals surface area contributed by atoms with Crippen LogP contribution in [0.5, 0.6) is 0 Å². The van der Waals surface area contributed by atoms with Gasteiger partial charge in [0.05, 0.1) is 0 Å². The van der Waals surface area contributed by atoms with Crippen LogP contribution in [0.3, 0.4) is 0 Å². The highest BCUT2D eigenvalue weighted by molar-refractivity contribution is 5.91. The van der Waals surface area contributed by atoms with Gasteiger partial charge in [0, 0.05) is 19.0 Å². The monoisotopic (exact) mass is 313 g/mol. The molecule has 2 atom stereocenters. The summed E-state index contributed by atoms with van der Waals surface area (Å²) in [5.74, 6) is 1.02. The zero-order valence-corrected chi connectivity index (χ0v) is 13.4. The van der Waals surface area contributed by atoms with E-state index < -0.39 is 0 Å². The van der Waals surface area contributed by atoms with Crippen molar-refractivity contribution in [1.29, 1.82) is 0 Å². The van der Waals surface area contributed by atoms with Gasteiger partial charge in [-0.2, -0.15) is 0 Å². The van der Waals surface area contributed by atoms with E-state index in [0.29, 0.717) is 18.1 Å². The SMILES string of the molecule is CC(CNC(=O)c1coc(C2CCCNC2)n1)c1ccccc1. The van der Waals surface area contributed by atoms with E-state index in [9.17, 15) is 4.79 Å². The molecule has 0 radical (unpaired) electrons. The number of nitrogens with zero attached hydrogens (tertiary/aromatic N) is 1. The van der Waals surface area contributed by atoms with Crippen molar-refractivity contribution >= 4 is 5.91 Å². The number of carbonyl (C=O) groups is 1. The lowest BCUT2D eigenvalue weighted by Gasteiger charge is -2.19. The van der Waals surface area contributed by atoms with Crippen LogP contribution in [0.25, 0.3) is 0 Å². The summed E-state index contributed by atoms with van der Waals surface area (Å²) in [4.78, 5) is 16.6. The van der Waals surface area contributed by atoms with E-state index in [-0.39, 0.29) is 17.7 Å². The van der Waals surface area contributed by atoms with Crippen molar-refractivity contribution in [2.75, 3.05) is 19.6 Å². The van der Waals surface area contributed by atoms with Gasteiger partial charge in [-0.05, 0) is 30.9 Å². The summed E-state index contributed by atoms with van der Waals surface area (Å²) in [7, 11) is 0. The highest BCUT2D eigenvalue weighted by Gasteiger charge is 2.22. The maximum absolute atomic E-state index is 12.2. The van der Waals surface area contributed by atoms with Crippen LogP contribution in [0, 0.1) is 0 Å². The molecule has 2 heterocycles. The average molecular weight is 313 g/mol. The fourth-order valence-corrected chi connectivity index (χ4v) is 2.88. The Morgan fingerprint density at radius 3 is 3.00 bits per heavy atom. The molecule has 0 aliphatic carbocycles. The summed E-state index contributed by atoms with van der Waals surface area (Å²) in [5, 5.41) is 6.27. The summed E-state index contributed by atoms with van der Waals surface area (Å²) in [6, 6.07) is 10.2. The fourth-order valence-electron chi connectivity index (χ4n) is 2.88. The first kappa shape index (κ1) is 15.7. The number of aromatic nitrogens is 1. The number of carbonyl (C=O) groups excluding carboxylic acids is 1. The number of hydrogen-bond donors (Lipinski definition) is 2. The predicted molar refractivity (Wildman–Crippen MR) is 88.5 cm³/mol. The number of oxazole rings is 1. The number of nitrogens with one attached hydrogen (secondary N) is 2. The fraction of sp³-hybridized carbons (Fsp3) is 0.444. The smallest absolute Gasteiger partial charge is 0.273 e. The zero-order valence-electron chi connectivity index (χ0n) is 13.4. The van der Waals surface area contributed by atoms with Crippen LogP contribution in [0.4, 0.5) is 0 Å². The van der Waals surface area contributed by atoms with Gasteiger partial charge in [0.2, 0.25) is 0 Å². The summed E-state index contributed by atoms with van der Waals surface area (Å²) in [6.45, 7) is 4.59. The quantitative estimate of drug-likeness (QED) is 0.890. The van der Waals surface area contributed by atoms with Crippen molar-refractivity contribution < 1.29 is 9.21 Å². The third-order valence-electron chi connectivity index (χ3n) is 4.34. The van der Waals surface area contributed by atoms with E-state index in [2.05, 4.69) is 34.7 Å². The van der Waals surface area contributed by atoms with Crippen LogP contribution in [0.2, 0.25) is 0 Å². The van der Waals surface area contributed by atoms with Gasteiger partial charge < -0.3 is 15.1 Å². The Kier molecular flexibility index (Phi) is 5.08. The van der Waals surface area contributed by atoms with Crippen molar-refractivity contribution in [3.63, 3.8) is 0 Å². The molecule has 0 saturated carbocycles. The van der Waals surface area contributed by atoms with E-state index in [1.807, 2.05) is 18.2 Å². The standard InChI is InChI=1S/C18H23N3O2/c1-13(14-6-3-2-4-7-14)10-20-17(22)16-12-23-18(21-16)15-8-5-9-19-11-15/h2-4,6-7,12-13,15,19H,5,8-11H2,1H3,(H,20,22). The van der Waals surface area contributed by atoms with E-state index in [0.717, 1.165) is 25.9 Å². The molecule has 2 aromatic rings. The van der Waals surface area contributed by atoms with Crippen LogP contribution in [0.1, 0.15) is 53.5 Å². The Morgan fingerprint density at radius 2 is 2.26 bits per heavy atom. The summed E-state index contributed by atoms with van der Waals surface area (Å²) in [5.41, 5.74) is 1.58. The first-order chi connectivity index (χ1) is 11.2. The predicted octanol–water partition coefficient (Wildman–Crippen LogP) is 2.68. The third-order valence-corrected chi connectivity index (χ3v) is 4.34. The Hall–Kier alpha value is -2.14. The Morgan fingerprint density at radius 1 is 1.43 bits per heavy atom. The Bertz CT molecular complexity index is 633.